The second-order valence-electron chi connectivity index (χ2n) is 6.14. The third-order valence-corrected chi connectivity index (χ3v) is 5.21. The van der Waals surface area contributed by atoms with Crippen LogP contribution in [0.15, 0.2) is 11.4 Å². The van der Waals surface area contributed by atoms with Crippen molar-refractivity contribution < 1.29 is 0 Å². The molecule has 0 bridgehead atoms. The summed E-state index contributed by atoms with van der Waals surface area (Å²) in [4.78, 5) is 1.35. The highest BCUT2D eigenvalue weighted by Crippen LogP contribution is 2.42. The Morgan fingerprint density at radius 1 is 1.39 bits per heavy atom. The molecule has 1 saturated carbocycles. The van der Waals surface area contributed by atoms with Gasteiger partial charge in [0.1, 0.15) is 0 Å². The Bertz CT molecular complexity index is 366. The van der Waals surface area contributed by atoms with Crippen LogP contribution in [-0.2, 0) is 6.54 Å². The minimum absolute atomic E-state index is 0.565. The maximum absolute atomic E-state index is 5.95. The smallest absolute Gasteiger partial charge is 0.0516 e. The van der Waals surface area contributed by atoms with Crippen LogP contribution < -0.4 is 5.32 Å². The molecule has 1 fully saturated rings. The lowest BCUT2D eigenvalue weighted by Crippen LogP contribution is -2.32. The second-order valence-corrected chi connectivity index (χ2v) is 7.57. The number of hydrogen-bond acceptors (Lipinski definition) is 2. The SMILES string of the molecule is CC(C)CC1(CNCc2cc(Cl)cs2)CCCC1. The maximum Gasteiger partial charge on any atom is 0.0516 e. The van der Waals surface area contributed by atoms with Crippen molar-refractivity contribution in [3.63, 3.8) is 0 Å². The summed E-state index contributed by atoms with van der Waals surface area (Å²) < 4.78 is 0. The van der Waals surface area contributed by atoms with Gasteiger partial charge in [-0.2, -0.15) is 0 Å². The number of halogens is 1. The van der Waals surface area contributed by atoms with Crippen molar-refractivity contribution >= 4 is 22.9 Å². The van der Waals surface area contributed by atoms with Gasteiger partial charge in [-0.3, -0.25) is 0 Å². The molecule has 1 heterocycles. The average Bonchev–Trinajstić information content (AvgIpc) is 2.88. The first-order valence-electron chi connectivity index (χ1n) is 7.03. The Labute approximate surface area is 120 Å². The number of rotatable bonds is 6. The zero-order valence-electron chi connectivity index (χ0n) is 11.5. The van der Waals surface area contributed by atoms with E-state index in [0.29, 0.717) is 5.41 Å². The molecular weight excluding hydrogens is 262 g/mol. The molecule has 102 valence electrons. The van der Waals surface area contributed by atoms with Gasteiger partial charge >= 0.3 is 0 Å². The van der Waals surface area contributed by atoms with Crippen molar-refractivity contribution in [3.8, 4) is 0 Å². The zero-order valence-corrected chi connectivity index (χ0v) is 13.0. The first-order chi connectivity index (χ1) is 8.60. The Kier molecular flexibility index (Phi) is 5.11. The summed E-state index contributed by atoms with van der Waals surface area (Å²) in [7, 11) is 0. The van der Waals surface area contributed by atoms with Crippen LogP contribution in [0.1, 0.15) is 50.8 Å². The topological polar surface area (TPSA) is 12.0 Å². The molecule has 0 aliphatic heterocycles. The third-order valence-electron chi connectivity index (χ3n) is 3.93. The van der Waals surface area contributed by atoms with Gasteiger partial charge in [0.25, 0.3) is 0 Å². The van der Waals surface area contributed by atoms with Crippen molar-refractivity contribution in [3.05, 3.63) is 21.3 Å². The Hall–Kier alpha value is -0.0500. The van der Waals surface area contributed by atoms with Gasteiger partial charge in [0.15, 0.2) is 0 Å². The van der Waals surface area contributed by atoms with Crippen LogP contribution in [0.25, 0.3) is 0 Å². The van der Waals surface area contributed by atoms with Crippen molar-refractivity contribution in [2.45, 2.75) is 52.5 Å². The molecule has 1 aliphatic carbocycles. The first-order valence-corrected chi connectivity index (χ1v) is 8.29. The van der Waals surface area contributed by atoms with E-state index in [-0.39, 0.29) is 0 Å². The highest BCUT2D eigenvalue weighted by Gasteiger charge is 2.33. The van der Waals surface area contributed by atoms with E-state index in [0.717, 1.165) is 17.5 Å². The zero-order chi connectivity index (χ0) is 13.0. The van der Waals surface area contributed by atoms with E-state index in [1.807, 2.05) is 5.38 Å². The van der Waals surface area contributed by atoms with Crippen LogP contribution in [-0.4, -0.2) is 6.54 Å². The fourth-order valence-electron chi connectivity index (χ4n) is 3.34. The molecule has 0 amide bonds. The fourth-order valence-corrected chi connectivity index (χ4v) is 4.38. The van der Waals surface area contributed by atoms with Crippen molar-refractivity contribution in [1.82, 2.24) is 5.32 Å². The van der Waals surface area contributed by atoms with Crippen LogP contribution in [0.5, 0.6) is 0 Å². The normalized spacial score (nSPS) is 18.7. The van der Waals surface area contributed by atoms with Gasteiger partial charge in [-0.15, -0.1) is 11.3 Å². The van der Waals surface area contributed by atoms with Crippen molar-refractivity contribution in [1.29, 1.82) is 0 Å². The maximum atomic E-state index is 5.95. The molecule has 0 aromatic carbocycles. The molecule has 0 spiro atoms. The predicted octanol–water partition coefficient (Wildman–Crippen LogP) is 5.10. The predicted molar refractivity (Wildman–Crippen MR) is 81.4 cm³/mol. The summed E-state index contributed by atoms with van der Waals surface area (Å²) in [6.07, 6.45) is 7.01. The van der Waals surface area contributed by atoms with Gasteiger partial charge in [0.2, 0.25) is 0 Å². The molecule has 0 radical (unpaired) electrons. The van der Waals surface area contributed by atoms with E-state index in [9.17, 15) is 0 Å². The van der Waals surface area contributed by atoms with Crippen LogP contribution in [0.3, 0.4) is 0 Å². The number of thiophene rings is 1. The Morgan fingerprint density at radius 3 is 2.67 bits per heavy atom. The summed E-state index contributed by atoms with van der Waals surface area (Å²) in [5.74, 6) is 0.807. The highest BCUT2D eigenvalue weighted by molar-refractivity contribution is 7.10. The van der Waals surface area contributed by atoms with E-state index in [1.165, 1.54) is 43.5 Å². The van der Waals surface area contributed by atoms with Gasteiger partial charge in [0.05, 0.1) is 5.02 Å². The molecular formula is C15H24ClNS. The van der Waals surface area contributed by atoms with Gasteiger partial charge in [-0.1, -0.05) is 38.3 Å². The van der Waals surface area contributed by atoms with Crippen LogP contribution in [0, 0.1) is 11.3 Å². The van der Waals surface area contributed by atoms with Gasteiger partial charge in [-0.05, 0) is 36.7 Å². The van der Waals surface area contributed by atoms with Gasteiger partial charge in [-0.25, -0.2) is 0 Å². The third kappa shape index (κ3) is 3.97. The van der Waals surface area contributed by atoms with E-state index in [4.69, 9.17) is 11.6 Å². The lowest BCUT2D eigenvalue weighted by molar-refractivity contribution is 0.224. The summed E-state index contributed by atoms with van der Waals surface area (Å²) in [5, 5.41) is 6.54. The Balaban J connectivity index is 1.82. The second kappa shape index (κ2) is 6.40. The molecule has 18 heavy (non-hydrogen) atoms. The highest BCUT2D eigenvalue weighted by atomic mass is 35.5. The summed E-state index contributed by atoms with van der Waals surface area (Å²) in [6.45, 7) is 6.83. The van der Waals surface area contributed by atoms with Gasteiger partial charge < -0.3 is 5.32 Å². The summed E-state index contributed by atoms with van der Waals surface area (Å²) in [5.41, 5.74) is 0.565. The van der Waals surface area contributed by atoms with Crippen molar-refractivity contribution in [2.75, 3.05) is 6.54 Å². The average molecular weight is 286 g/mol. The molecule has 1 N–H and O–H groups in total. The quantitative estimate of drug-likeness (QED) is 0.767. The number of hydrogen-bond donors (Lipinski definition) is 1. The van der Waals surface area contributed by atoms with Gasteiger partial charge in [0, 0.05) is 23.3 Å². The standard InChI is InChI=1S/C15H24ClNS/c1-12(2)8-15(5-3-4-6-15)11-17-9-14-7-13(16)10-18-14/h7,10,12,17H,3-6,8-9,11H2,1-2H3. The molecule has 0 unspecified atom stereocenters. The minimum atomic E-state index is 0.565. The number of nitrogens with one attached hydrogen (secondary N) is 1. The molecule has 2 rings (SSSR count). The molecule has 3 heteroatoms. The molecule has 1 aliphatic rings. The summed E-state index contributed by atoms with van der Waals surface area (Å²) >= 11 is 7.70. The molecule has 0 atom stereocenters. The monoisotopic (exact) mass is 285 g/mol. The van der Waals surface area contributed by atoms with Crippen LogP contribution in [0.2, 0.25) is 5.02 Å². The van der Waals surface area contributed by atoms with Crippen LogP contribution in [0.4, 0.5) is 0 Å². The lowest BCUT2D eigenvalue weighted by Gasteiger charge is -2.31. The minimum Gasteiger partial charge on any atom is -0.311 e. The molecule has 1 aromatic heterocycles. The fraction of sp³-hybridized carbons (Fsp3) is 0.733. The van der Waals surface area contributed by atoms with E-state index >= 15 is 0 Å². The van der Waals surface area contributed by atoms with Crippen molar-refractivity contribution in [2.24, 2.45) is 11.3 Å². The molecule has 1 nitrogen and oxygen atoms in total. The molecule has 0 saturated heterocycles. The van der Waals surface area contributed by atoms with E-state index < -0.39 is 0 Å². The lowest BCUT2D eigenvalue weighted by atomic mass is 9.78. The molecule has 1 aromatic rings. The Morgan fingerprint density at radius 2 is 2.11 bits per heavy atom. The summed E-state index contributed by atoms with van der Waals surface area (Å²) in [6, 6.07) is 2.07. The van der Waals surface area contributed by atoms with E-state index in [2.05, 4.69) is 25.2 Å². The van der Waals surface area contributed by atoms with Crippen LogP contribution >= 0.6 is 22.9 Å². The first kappa shape index (κ1) is 14.4. The largest absolute Gasteiger partial charge is 0.311 e. The van der Waals surface area contributed by atoms with E-state index in [1.54, 1.807) is 11.3 Å².